The van der Waals surface area contributed by atoms with Crippen molar-refractivity contribution in [3.63, 3.8) is 0 Å². The lowest BCUT2D eigenvalue weighted by atomic mass is 9.83. The number of fused-ring (bicyclic) bond motifs is 1. The van der Waals surface area contributed by atoms with Gasteiger partial charge >= 0.3 is 0 Å². The first-order valence-corrected chi connectivity index (χ1v) is 11.2. The maximum Gasteiger partial charge on any atom is 0.222 e. The third-order valence-corrected chi connectivity index (χ3v) is 6.77. The zero-order chi connectivity index (χ0) is 21.0. The van der Waals surface area contributed by atoms with Crippen molar-refractivity contribution in [2.75, 3.05) is 20.3 Å². The molecule has 2 fully saturated rings. The van der Waals surface area contributed by atoms with Crippen LogP contribution in [0.1, 0.15) is 50.5 Å². The van der Waals surface area contributed by atoms with E-state index in [9.17, 15) is 9.59 Å². The Kier molecular flexibility index (Phi) is 6.38. The minimum Gasteiger partial charge on any atom is -0.383 e. The van der Waals surface area contributed by atoms with Crippen LogP contribution in [0, 0.1) is 0 Å². The number of rotatable bonds is 7. The third-order valence-electron chi connectivity index (χ3n) is 6.77. The highest BCUT2D eigenvalue weighted by Gasteiger charge is 2.39. The highest BCUT2D eigenvalue weighted by Crippen LogP contribution is 2.32. The molecule has 2 saturated heterocycles. The third kappa shape index (κ3) is 4.51. The molecule has 2 unspecified atom stereocenters. The average Bonchev–Trinajstić information content (AvgIpc) is 3.13. The van der Waals surface area contributed by atoms with E-state index >= 15 is 0 Å². The second-order valence-corrected chi connectivity index (χ2v) is 8.84. The SMILES string of the molecule is COCC1CCCCN1C(=O)CCC1(Cc2cccc3ccccc23)CCC(=O)N1. The molecule has 2 aliphatic heterocycles. The van der Waals surface area contributed by atoms with Crippen molar-refractivity contribution in [2.24, 2.45) is 0 Å². The molecule has 160 valence electrons. The van der Waals surface area contributed by atoms with Gasteiger partial charge in [-0.3, -0.25) is 9.59 Å². The number of benzene rings is 2. The summed E-state index contributed by atoms with van der Waals surface area (Å²) in [6.07, 6.45) is 6.44. The molecule has 0 radical (unpaired) electrons. The Bertz CT molecular complexity index is 905. The molecular weight excluding hydrogens is 376 g/mol. The Hall–Kier alpha value is -2.40. The number of carbonyl (C=O) groups excluding carboxylic acids is 2. The summed E-state index contributed by atoms with van der Waals surface area (Å²) in [6, 6.07) is 14.9. The van der Waals surface area contributed by atoms with Gasteiger partial charge in [0.05, 0.1) is 12.6 Å². The Morgan fingerprint density at radius 2 is 2.03 bits per heavy atom. The first kappa shape index (κ1) is 20.9. The van der Waals surface area contributed by atoms with Gasteiger partial charge < -0.3 is 15.0 Å². The molecule has 2 atom stereocenters. The summed E-state index contributed by atoms with van der Waals surface area (Å²) in [5.74, 6) is 0.285. The van der Waals surface area contributed by atoms with Gasteiger partial charge in [0.1, 0.15) is 0 Å². The van der Waals surface area contributed by atoms with E-state index < -0.39 is 0 Å². The van der Waals surface area contributed by atoms with E-state index in [1.165, 1.54) is 16.3 Å². The summed E-state index contributed by atoms with van der Waals surface area (Å²) in [5, 5.41) is 5.68. The van der Waals surface area contributed by atoms with Gasteiger partial charge in [-0.05, 0) is 54.9 Å². The zero-order valence-electron chi connectivity index (χ0n) is 17.9. The summed E-state index contributed by atoms with van der Waals surface area (Å²) < 4.78 is 5.34. The quantitative estimate of drug-likeness (QED) is 0.757. The minimum atomic E-state index is -0.344. The van der Waals surface area contributed by atoms with E-state index in [1.54, 1.807) is 7.11 Å². The number of piperidine rings is 1. The number of carbonyl (C=O) groups is 2. The number of nitrogens with one attached hydrogen (secondary N) is 1. The van der Waals surface area contributed by atoms with Crippen LogP contribution in [0.4, 0.5) is 0 Å². The molecule has 0 saturated carbocycles. The lowest BCUT2D eigenvalue weighted by Gasteiger charge is -2.37. The van der Waals surface area contributed by atoms with Crippen molar-refractivity contribution in [2.45, 2.75) is 62.9 Å². The van der Waals surface area contributed by atoms with Gasteiger partial charge in [-0.25, -0.2) is 0 Å². The summed E-state index contributed by atoms with van der Waals surface area (Å²) in [7, 11) is 1.70. The van der Waals surface area contributed by atoms with Crippen molar-refractivity contribution in [1.29, 1.82) is 0 Å². The fraction of sp³-hybridized carbons (Fsp3) is 0.520. The molecule has 5 heteroatoms. The monoisotopic (exact) mass is 408 g/mol. The highest BCUT2D eigenvalue weighted by atomic mass is 16.5. The topological polar surface area (TPSA) is 58.6 Å². The normalized spacial score (nSPS) is 24.2. The first-order chi connectivity index (χ1) is 14.6. The predicted molar refractivity (Wildman–Crippen MR) is 118 cm³/mol. The van der Waals surface area contributed by atoms with Crippen molar-refractivity contribution in [3.05, 3.63) is 48.0 Å². The fourth-order valence-electron chi connectivity index (χ4n) is 5.18. The fourth-order valence-corrected chi connectivity index (χ4v) is 5.18. The van der Waals surface area contributed by atoms with Crippen LogP contribution in [-0.2, 0) is 20.7 Å². The van der Waals surface area contributed by atoms with Gasteiger partial charge in [0.2, 0.25) is 11.8 Å². The van der Waals surface area contributed by atoms with Gasteiger partial charge in [-0.2, -0.15) is 0 Å². The molecule has 0 aromatic heterocycles. The van der Waals surface area contributed by atoms with Crippen molar-refractivity contribution < 1.29 is 14.3 Å². The summed E-state index contributed by atoms with van der Waals surface area (Å²) >= 11 is 0. The van der Waals surface area contributed by atoms with E-state index in [1.807, 2.05) is 11.0 Å². The van der Waals surface area contributed by atoms with Crippen LogP contribution in [0.5, 0.6) is 0 Å². The molecule has 0 aliphatic carbocycles. The summed E-state index contributed by atoms with van der Waals surface area (Å²) in [5.41, 5.74) is 0.890. The molecule has 0 bridgehead atoms. The van der Waals surface area contributed by atoms with Crippen LogP contribution < -0.4 is 5.32 Å². The average molecular weight is 409 g/mol. The van der Waals surface area contributed by atoms with E-state index in [4.69, 9.17) is 4.74 Å². The number of hydrogen-bond acceptors (Lipinski definition) is 3. The van der Waals surface area contributed by atoms with Crippen LogP contribution in [0.15, 0.2) is 42.5 Å². The molecular formula is C25H32N2O3. The van der Waals surface area contributed by atoms with Crippen LogP contribution in [-0.4, -0.2) is 48.6 Å². The van der Waals surface area contributed by atoms with Crippen molar-refractivity contribution in [3.8, 4) is 0 Å². The minimum absolute atomic E-state index is 0.0953. The predicted octanol–water partition coefficient (Wildman–Crippen LogP) is 3.84. The molecule has 2 aromatic carbocycles. The lowest BCUT2D eigenvalue weighted by Crippen LogP contribution is -2.48. The van der Waals surface area contributed by atoms with E-state index in [-0.39, 0.29) is 23.4 Å². The molecule has 2 amide bonds. The first-order valence-electron chi connectivity index (χ1n) is 11.2. The lowest BCUT2D eigenvalue weighted by molar-refractivity contribution is -0.136. The molecule has 2 aromatic rings. The zero-order valence-corrected chi connectivity index (χ0v) is 17.9. The maximum absolute atomic E-state index is 13.1. The van der Waals surface area contributed by atoms with Gasteiger partial charge in [0.25, 0.3) is 0 Å². The molecule has 1 N–H and O–H groups in total. The van der Waals surface area contributed by atoms with Crippen LogP contribution >= 0.6 is 0 Å². The second-order valence-electron chi connectivity index (χ2n) is 8.84. The van der Waals surface area contributed by atoms with Gasteiger partial charge in [0, 0.05) is 32.0 Å². The number of methoxy groups -OCH3 is 1. The van der Waals surface area contributed by atoms with Gasteiger partial charge in [-0.1, -0.05) is 42.5 Å². The van der Waals surface area contributed by atoms with Crippen LogP contribution in [0.2, 0.25) is 0 Å². The number of ether oxygens (including phenoxy) is 1. The molecule has 4 rings (SSSR count). The van der Waals surface area contributed by atoms with Gasteiger partial charge in [-0.15, -0.1) is 0 Å². The number of nitrogens with zero attached hydrogens (tertiary/aromatic N) is 1. The molecule has 30 heavy (non-hydrogen) atoms. The van der Waals surface area contributed by atoms with Crippen LogP contribution in [0.25, 0.3) is 10.8 Å². The van der Waals surface area contributed by atoms with E-state index in [2.05, 4.69) is 41.7 Å². The summed E-state index contributed by atoms with van der Waals surface area (Å²) in [6.45, 7) is 1.42. The Labute approximate surface area is 178 Å². The number of amides is 2. The standard InChI is InChI=1S/C25H32N2O3/c1-30-18-21-10-4-5-16-27(21)24(29)13-15-25(14-12-23(28)26-25)17-20-9-6-8-19-7-2-3-11-22(19)20/h2-3,6-9,11,21H,4-5,10,12-18H2,1H3,(H,26,28). The second kappa shape index (κ2) is 9.17. The Balaban J connectivity index is 1.50. The Morgan fingerprint density at radius 1 is 1.20 bits per heavy atom. The van der Waals surface area contributed by atoms with E-state index in [0.29, 0.717) is 25.9 Å². The van der Waals surface area contributed by atoms with Crippen LogP contribution in [0.3, 0.4) is 0 Å². The smallest absolute Gasteiger partial charge is 0.222 e. The number of hydrogen-bond donors (Lipinski definition) is 1. The Morgan fingerprint density at radius 3 is 2.83 bits per heavy atom. The molecule has 0 spiro atoms. The van der Waals surface area contributed by atoms with E-state index in [0.717, 1.165) is 38.6 Å². The molecule has 5 nitrogen and oxygen atoms in total. The van der Waals surface area contributed by atoms with Gasteiger partial charge in [0.15, 0.2) is 0 Å². The highest BCUT2D eigenvalue weighted by molar-refractivity contribution is 5.86. The van der Waals surface area contributed by atoms with Crippen molar-refractivity contribution >= 4 is 22.6 Å². The summed E-state index contributed by atoms with van der Waals surface area (Å²) in [4.78, 5) is 27.3. The number of likely N-dealkylation sites (tertiary alicyclic amines) is 1. The maximum atomic E-state index is 13.1. The molecule has 2 heterocycles. The molecule has 2 aliphatic rings. The largest absolute Gasteiger partial charge is 0.383 e. The van der Waals surface area contributed by atoms with Crippen molar-refractivity contribution in [1.82, 2.24) is 10.2 Å².